The van der Waals surface area contributed by atoms with E-state index in [1.165, 1.54) is 10.8 Å². The number of halogens is 3. The van der Waals surface area contributed by atoms with Gasteiger partial charge in [-0.15, -0.1) is 0 Å². The number of nitro groups is 1. The summed E-state index contributed by atoms with van der Waals surface area (Å²) in [6.45, 7) is 0.260. The van der Waals surface area contributed by atoms with Gasteiger partial charge in [0.25, 0.3) is 0 Å². The quantitative estimate of drug-likeness (QED) is 0.632. The van der Waals surface area contributed by atoms with Gasteiger partial charge >= 0.3 is 18.0 Å². The van der Waals surface area contributed by atoms with E-state index >= 15 is 0 Å². The average molecular weight is 330 g/mol. The summed E-state index contributed by atoms with van der Waals surface area (Å²) in [7, 11) is 0. The molecule has 0 fully saturated rings. The zero-order valence-electron chi connectivity index (χ0n) is 11.4. The van der Waals surface area contributed by atoms with Gasteiger partial charge in [0.2, 0.25) is 5.88 Å². The molecule has 0 aliphatic carbocycles. The molecule has 122 valence electrons. The SMILES string of the molecule is O=[N+]([O-])c1cn2c(n1)OC[C@@H](Oc1ccc(C(F)(F)F)cn1)C2. The fraction of sp³-hybridized carbons (Fsp3) is 0.333. The van der Waals surface area contributed by atoms with Crippen molar-refractivity contribution in [2.24, 2.45) is 0 Å². The maximum Gasteiger partial charge on any atom is 0.417 e. The highest BCUT2D eigenvalue weighted by Gasteiger charge is 2.32. The van der Waals surface area contributed by atoms with Crippen LogP contribution in [0.2, 0.25) is 0 Å². The van der Waals surface area contributed by atoms with Crippen LogP contribution in [-0.2, 0) is 12.7 Å². The molecule has 0 aromatic carbocycles. The average Bonchev–Trinajstić information content (AvgIpc) is 2.90. The number of pyridine rings is 1. The van der Waals surface area contributed by atoms with Crippen LogP contribution >= 0.6 is 0 Å². The summed E-state index contributed by atoms with van der Waals surface area (Å²) in [6, 6.07) is 2.06. The Morgan fingerprint density at radius 1 is 1.43 bits per heavy atom. The fourth-order valence-electron chi connectivity index (χ4n) is 2.02. The normalized spacial score (nSPS) is 17.3. The Bertz CT molecular complexity index is 729. The molecule has 1 aliphatic rings. The first-order chi connectivity index (χ1) is 10.8. The van der Waals surface area contributed by atoms with E-state index < -0.39 is 22.8 Å². The van der Waals surface area contributed by atoms with Gasteiger partial charge in [-0.3, -0.25) is 4.57 Å². The Morgan fingerprint density at radius 3 is 2.83 bits per heavy atom. The molecular formula is C12H9F3N4O4. The van der Waals surface area contributed by atoms with E-state index in [2.05, 4.69) is 9.97 Å². The molecule has 0 spiro atoms. The Hall–Kier alpha value is -2.85. The first kappa shape index (κ1) is 15.1. The van der Waals surface area contributed by atoms with E-state index in [0.29, 0.717) is 6.20 Å². The van der Waals surface area contributed by atoms with Gasteiger partial charge in [-0.05, 0) is 11.0 Å². The third kappa shape index (κ3) is 3.17. The summed E-state index contributed by atoms with van der Waals surface area (Å²) in [4.78, 5) is 17.3. The first-order valence-corrected chi connectivity index (χ1v) is 6.37. The molecule has 0 saturated heterocycles. The van der Waals surface area contributed by atoms with Crippen molar-refractivity contribution in [3.63, 3.8) is 0 Å². The number of nitrogens with zero attached hydrogens (tertiary/aromatic N) is 4. The second kappa shape index (κ2) is 5.41. The number of alkyl halides is 3. The fourth-order valence-corrected chi connectivity index (χ4v) is 2.02. The van der Waals surface area contributed by atoms with Crippen LogP contribution < -0.4 is 9.47 Å². The van der Waals surface area contributed by atoms with Crippen LogP contribution in [0.4, 0.5) is 19.0 Å². The number of aromatic nitrogens is 3. The van der Waals surface area contributed by atoms with Crippen molar-refractivity contribution in [1.82, 2.24) is 14.5 Å². The van der Waals surface area contributed by atoms with Gasteiger partial charge < -0.3 is 19.6 Å². The number of rotatable bonds is 3. The van der Waals surface area contributed by atoms with Crippen molar-refractivity contribution in [3.05, 3.63) is 40.2 Å². The molecule has 8 nitrogen and oxygen atoms in total. The van der Waals surface area contributed by atoms with Crippen molar-refractivity contribution >= 4 is 5.82 Å². The summed E-state index contributed by atoms with van der Waals surface area (Å²) in [5, 5.41) is 10.6. The lowest BCUT2D eigenvalue weighted by Gasteiger charge is -2.22. The van der Waals surface area contributed by atoms with E-state index in [1.54, 1.807) is 0 Å². The number of hydrogen-bond acceptors (Lipinski definition) is 6. The third-order valence-electron chi connectivity index (χ3n) is 3.06. The van der Waals surface area contributed by atoms with Crippen LogP contribution in [0.5, 0.6) is 11.9 Å². The lowest BCUT2D eigenvalue weighted by Crippen LogP contribution is -2.34. The zero-order valence-corrected chi connectivity index (χ0v) is 11.4. The highest BCUT2D eigenvalue weighted by Crippen LogP contribution is 2.29. The van der Waals surface area contributed by atoms with Crippen LogP contribution in [0.3, 0.4) is 0 Å². The summed E-state index contributed by atoms with van der Waals surface area (Å²) in [5.74, 6) is -0.349. The second-order valence-corrected chi connectivity index (χ2v) is 4.72. The molecule has 11 heteroatoms. The lowest BCUT2D eigenvalue weighted by molar-refractivity contribution is -0.389. The predicted molar refractivity (Wildman–Crippen MR) is 68.0 cm³/mol. The third-order valence-corrected chi connectivity index (χ3v) is 3.06. The minimum Gasteiger partial charge on any atom is -0.469 e. The van der Waals surface area contributed by atoms with Crippen molar-refractivity contribution in [2.75, 3.05) is 6.61 Å². The number of ether oxygens (including phenoxy) is 2. The van der Waals surface area contributed by atoms with Gasteiger partial charge in [-0.2, -0.15) is 13.2 Å². The van der Waals surface area contributed by atoms with Crippen LogP contribution in [0, 0.1) is 10.1 Å². The lowest BCUT2D eigenvalue weighted by atomic mass is 10.3. The zero-order chi connectivity index (χ0) is 16.6. The number of hydrogen-bond donors (Lipinski definition) is 0. The topological polar surface area (TPSA) is 92.3 Å². The molecule has 0 N–H and O–H groups in total. The van der Waals surface area contributed by atoms with E-state index in [4.69, 9.17) is 9.47 Å². The van der Waals surface area contributed by atoms with Gasteiger partial charge in [0, 0.05) is 17.2 Å². The van der Waals surface area contributed by atoms with Crippen LogP contribution in [0.15, 0.2) is 24.5 Å². The molecule has 1 aliphatic heterocycles. The molecule has 0 amide bonds. The molecule has 2 aromatic rings. The Balaban J connectivity index is 1.68. The molecule has 0 bridgehead atoms. The van der Waals surface area contributed by atoms with Gasteiger partial charge in [-0.1, -0.05) is 0 Å². The minimum atomic E-state index is -4.47. The van der Waals surface area contributed by atoms with Crippen LogP contribution in [0.25, 0.3) is 0 Å². The van der Waals surface area contributed by atoms with Crippen molar-refractivity contribution in [3.8, 4) is 11.9 Å². The van der Waals surface area contributed by atoms with E-state index in [1.807, 2.05) is 0 Å². The highest BCUT2D eigenvalue weighted by molar-refractivity contribution is 5.22. The van der Waals surface area contributed by atoms with Gasteiger partial charge in [0.05, 0.1) is 12.1 Å². The Labute approximate surface area is 126 Å². The molecule has 0 unspecified atom stereocenters. The van der Waals surface area contributed by atoms with E-state index in [-0.39, 0.29) is 30.9 Å². The standard InChI is InChI=1S/C12H9F3N4O4/c13-12(14,15)7-1-2-10(16-3-7)23-8-4-18-5-9(19(20)21)17-11(18)22-6-8/h1-3,5,8H,4,6H2/t8-/m0/s1. The molecule has 2 aromatic heterocycles. The van der Waals surface area contributed by atoms with Gasteiger partial charge in [-0.25, -0.2) is 4.98 Å². The Kier molecular flexibility index (Phi) is 3.54. The van der Waals surface area contributed by atoms with Gasteiger partial charge in [0.15, 0.2) is 6.10 Å². The molecule has 0 saturated carbocycles. The molecule has 1 atom stereocenters. The number of imidazole rings is 1. The molecule has 23 heavy (non-hydrogen) atoms. The summed E-state index contributed by atoms with van der Waals surface area (Å²) in [5.41, 5.74) is -0.878. The summed E-state index contributed by atoms with van der Waals surface area (Å²) < 4.78 is 49.4. The van der Waals surface area contributed by atoms with E-state index in [9.17, 15) is 23.3 Å². The van der Waals surface area contributed by atoms with Gasteiger partial charge in [0.1, 0.15) is 12.8 Å². The minimum absolute atomic E-state index is 0.00432. The largest absolute Gasteiger partial charge is 0.469 e. The monoisotopic (exact) mass is 330 g/mol. The molecule has 3 rings (SSSR count). The maximum atomic E-state index is 12.4. The van der Waals surface area contributed by atoms with Crippen molar-refractivity contribution < 1.29 is 27.6 Å². The van der Waals surface area contributed by atoms with E-state index in [0.717, 1.165) is 12.1 Å². The summed E-state index contributed by atoms with van der Waals surface area (Å²) >= 11 is 0. The molecular weight excluding hydrogens is 321 g/mol. The highest BCUT2D eigenvalue weighted by atomic mass is 19.4. The van der Waals surface area contributed by atoms with Crippen LogP contribution in [0.1, 0.15) is 5.56 Å². The second-order valence-electron chi connectivity index (χ2n) is 4.72. The van der Waals surface area contributed by atoms with Crippen molar-refractivity contribution in [2.45, 2.75) is 18.8 Å². The predicted octanol–water partition coefficient (Wildman–Crippen LogP) is 2.05. The van der Waals surface area contributed by atoms with Crippen LogP contribution in [-0.4, -0.2) is 32.2 Å². The van der Waals surface area contributed by atoms with Crippen molar-refractivity contribution in [1.29, 1.82) is 0 Å². The molecule has 0 radical (unpaired) electrons. The smallest absolute Gasteiger partial charge is 0.417 e. The molecule has 3 heterocycles. The first-order valence-electron chi connectivity index (χ1n) is 6.37. The Morgan fingerprint density at radius 2 is 2.22 bits per heavy atom. The maximum absolute atomic E-state index is 12.4. The summed E-state index contributed by atoms with van der Waals surface area (Å²) in [6.07, 6.45) is -3.15. The number of fused-ring (bicyclic) bond motifs is 1.